The molecule has 5 nitrogen and oxygen atoms in total. The third-order valence-electron chi connectivity index (χ3n) is 3.71. The summed E-state index contributed by atoms with van der Waals surface area (Å²) in [5, 5.41) is 9.91. The third-order valence-corrected chi connectivity index (χ3v) is 3.71. The predicted octanol–water partition coefficient (Wildman–Crippen LogP) is 1.97. The highest BCUT2D eigenvalue weighted by molar-refractivity contribution is 5.99. The van der Waals surface area contributed by atoms with Crippen LogP contribution in [0.1, 0.15) is 23.2 Å². The van der Waals surface area contributed by atoms with Crippen molar-refractivity contribution in [2.24, 2.45) is 11.7 Å². The van der Waals surface area contributed by atoms with Crippen LogP contribution >= 0.6 is 12.4 Å². The Labute approximate surface area is 129 Å². The SMILES string of the molecule is Cl.NCC(NC(=O)c1cn[nH]c1-c1ccccc1)C1CC1. The van der Waals surface area contributed by atoms with Gasteiger partial charge in [0.25, 0.3) is 5.91 Å². The number of carbonyl (C=O) groups excluding carboxylic acids is 1. The quantitative estimate of drug-likeness (QED) is 0.789. The van der Waals surface area contributed by atoms with Gasteiger partial charge in [0.05, 0.1) is 17.5 Å². The molecule has 0 spiro atoms. The zero-order valence-corrected chi connectivity index (χ0v) is 12.4. The van der Waals surface area contributed by atoms with Crippen LogP contribution in [-0.4, -0.2) is 28.7 Å². The van der Waals surface area contributed by atoms with Crippen molar-refractivity contribution in [1.29, 1.82) is 0 Å². The van der Waals surface area contributed by atoms with Gasteiger partial charge in [-0.3, -0.25) is 9.89 Å². The molecule has 0 aliphatic heterocycles. The lowest BCUT2D eigenvalue weighted by Crippen LogP contribution is -2.41. The van der Waals surface area contributed by atoms with Gasteiger partial charge in [-0.25, -0.2) is 0 Å². The number of nitrogens with one attached hydrogen (secondary N) is 2. The van der Waals surface area contributed by atoms with Gasteiger partial charge in [-0.2, -0.15) is 5.10 Å². The topological polar surface area (TPSA) is 83.8 Å². The molecule has 0 saturated heterocycles. The molecule has 0 bridgehead atoms. The first kappa shape index (κ1) is 15.5. The number of H-pyrrole nitrogens is 1. The number of hydrogen-bond donors (Lipinski definition) is 3. The van der Waals surface area contributed by atoms with Gasteiger partial charge in [-0.05, 0) is 18.8 Å². The molecule has 1 aliphatic carbocycles. The molecule has 6 heteroatoms. The van der Waals surface area contributed by atoms with Crippen molar-refractivity contribution in [2.45, 2.75) is 18.9 Å². The van der Waals surface area contributed by atoms with Crippen LogP contribution in [0.15, 0.2) is 36.5 Å². The summed E-state index contributed by atoms with van der Waals surface area (Å²) in [5.41, 5.74) is 7.99. The van der Waals surface area contributed by atoms with Crippen molar-refractivity contribution >= 4 is 18.3 Å². The number of nitrogens with zero attached hydrogens (tertiary/aromatic N) is 1. The number of aromatic nitrogens is 2. The first-order valence-corrected chi connectivity index (χ1v) is 6.89. The smallest absolute Gasteiger partial charge is 0.255 e. The van der Waals surface area contributed by atoms with E-state index in [-0.39, 0.29) is 24.4 Å². The van der Waals surface area contributed by atoms with Gasteiger partial charge >= 0.3 is 0 Å². The standard InChI is InChI=1S/C15H18N4O.ClH/c16-8-13(10-6-7-10)18-15(20)12-9-17-19-14(12)11-4-2-1-3-5-11;/h1-5,9-10,13H,6-8,16H2,(H,17,19)(H,18,20);1H. The molecule has 1 aromatic carbocycles. The summed E-state index contributed by atoms with van der Waals surface area (Å²) in [7, 11) is 0. The van der Waals surface area contributed by atoms with Crippen molar-refractivity contribution in [1.82, 2.24) is 15.5 Å². The van der Waals surface area contributed by atoms with Crippen molar-refractivity contribution in [2.75, 3.05) is 6.54 Å². The molecular weight excluding hydrogens is 288 g/mol. The summed E-state index contributed by atoms with van der Waals surface area (Å²) in [6.07, 6.45) is 3.87. The minimum atomic E-state index is -0.111. The van der Waals surface area contributed by atoms with E-state index in [2.05, 4.69) is 15.5 Å². The van der Waals surface area contributed by atoms with E-state index >= 15 is 0 Å². The van der Waals surface area contributed by atoms with Crippen LogP contribution in [0.5, 0.6) is 0 Å². The highest BCUT2D eigenvalue weighted by Gasteiger charge is 2.32. The summed E-state index contributed by atoms with van der Waals surface area (Å²) in [4.78, 5) is 12.4. The van der Waals surface area contributed by atoms with E-state index in [0.717, 1.165) is 24.1 Å². The fourth-order valence-corrected chi connectivity index (χ4v) is 2.40. The Morgan fingerprint density at radius 1 is 1.38 bits per heavy atom. The van der Waals surface area contributed by atoms with Crippen molar-refractivity contribution in [3.05, 3.63) is 42.1 Å². The molecule has 4 N–H and O–H groups in total. The van der Waals surface area contributed by atoms with Crippen molar-refractivity contribution in [3.63, 3.8) is 0 Å². The maximum atomic E-state index is 12.4. The van der Waals surface area contributed by atoms with Gasteiger partial charge in [0.2, 0.25) is 0 Å². The number of halogens is 1. The maximum absolute atomic E-state index is 12.4. The van der Waals surface area contributed by atoms with Gasteiger partial charge in [0, 0.05) is 18.2 Å². The van der Waals surface area contributed by atoms with Crippen LogP contribution in [0.25, 0.3) is 11.3 Å². The van der Waals surface area contributed by atoms with E-state index in [1.807, 2.05) is 30.3 Å². The molecule has 112 valence electrons. The average Bonchev–Trinajstić information content (AvgIpc) is 3.21. The molecule has 0 radical (unpaired) electrons. The second-order valence-electron chi connectivity index (χ2n) is 5.18. The Balaban J connectivity index is 0.00000161. The van der Waals surface area contributed by atoms with Crippen LogP contribution in [0.3, 0.4) is 0 Å². The minimum Gasteiger partial charge on any atom is -0.348 e. The molecular formula is C15H19ClN4O. The van der Waals surface area contributed by atoms with Crippen LogP contribution < -0.4 is 11.1 Å². The molecule has 2 aromatic rings. The average molecular weight is 307 g/mol. The fraction of sp³-hybridized carbons (Fsp3) is 0.333. The molecule has 1 amide bonds. The largest absolute Gasteiger partial charge is 0.348 e. The van der Waals surface area contributed by atoms with Crippen LogP contribution in [0.4, 0.5) is 0 Å². The van der Waals surface area contributed by atoms with E-state index in [4.69, 9.17) is 5.73 Å². The lowest BCUT2D eigenvalue weighted by molar-refractivity contribution is 0.0934. The van der Waals surface area contributed by atoms with Gasteiger partial charge < -0.3 is 11.1 Å². The first-order chi connectivity index (χ1) is 9.79. The minimum absolute atomic E-state index is 0. The Kier molecular flexibility index (Phi) is 4.98. The predicted molar refractivity (Wildman–Crippen MR) is 84.3 cm³/mol. The summed E-state index contributed by atoms with van der Waals surface area (Å²) < 4.78 is 0. The maximum Gasteiger partial charge on any atom is 0.255 e. The Hall–Kier alpha value is -1.85. The van der Waals surface area contributed by atoms with E-state index in [0.29, 0.717) is 18.0 Å². The van der Waals surface area contributed by atoms with Crippen LogP contribution in [0, 0.1) is 5.92 Å². The zero-order valence-electron chi connectivity index (χ0n) is 11.6. The highest BCUT2D eigenvalue weighted by Crippen LogP contribution is 2.32. The van der Waals surface area contributed by atoms with E-state index < -0.39 is 0 Å². The first-order valence-electron chi connectivity index (χ1n) is 6.89. The number of benzene rings is 1. The Morgan fingerprint density at radius 3 is 2.71 bits per heavy atom. The lowest BCUT2D eigenvalue weighted by Gasteiger charge is -2.15. The van der Waals surface area contributed by atoms with Crippen LogP contribution in [-0.2, 0) is 0 Å². The molecule has 1 atom stereocenters. The zero-order chi connectivity index (χ0) is 13.9. The molecule has 1 fully saturated rings. The molecule has 21 heavy (non-hydrogen) atoms. The number of nitrogens with two attached hydrogens (primary N) is 1. The second kappa shape index (κ2) is 6.74. The normalized spacial score (nSPS) is 15.1. The number of carbonyl (C=O) groups is 1. The summed E-state index contributed by atoms with van der Waals surface area (Å²) in [6, 6.07) is 9.78. The highest BCUT2D eigenvalue weighted by atomic mass is 35.5. The molecule has 1 aromatic heterocycles. The number of hydrogen-bond acceptors (Lipinski definition) is 3. The van der Waals surface area contributed by atoms with Crippen molar-refractivity contribution < 1.29 is 4.79 Å². The van der Waals surface area contributed by atoms with Gasteiger partial charge in [-0.15, -0.1) is 12.4 Å². The number of aromatic amines is 1. The molecule has 1 unspecified atom stereocenters. The van der Waals surface area contributed by atoms with Gasteiger partial charge in [-0.1, -0.05) is 30.3 Å². The van der Waals surface area contributed by atoms with E-state index in [1.54, 1.807) is 6.20 Å². The van der Waals surface area contributed by atoms with E-state index in [1.165, 1.54) is 0 Å². The molecule has 1 aliphatic rings. The Morgan fingerprint density at radius 2 is 2.10 bits per heavy atom. The second-order valence-corrected chi connectivity index (χ2v) is 5.18. The summed E-state index contributed by atoms with van der Waals surface area (Å²) >= 11 is 0. The summed E-state index contributed by atoms with van der Waals surface area (Å²) in [6.45, 7) is 0.481. The summed E-state index contributed by atoms with van der Waals surface area (Å²) in [5.74, 6) is 0.427. The Bertz CT molecular complexity index is 595. The molecule has 1 saturated carbocycles. The van der Waals surface area contributed by atoms with E-state index in [9.17, 15) is 4.79 Å². The fourth-order valence-electron chi connectivity index (χ4n) is 2.40. The molecule has 3 rings (SSSR count). The third kappa shape index (κ3) is 3.43. The van der Waals surface area contributed by atoms with Gasteiger partial charge in [0.15, 0.2) is 0 Å². The monoisotopic (exact) mass is 306 g/mol. The van der Waals surface area contributed by atoms with Crippen LogP contribution in [0.2, 0.25) is 0 Å². The molecule has 1 heterocycles. The van der Waals surface area contributed by atoms with Gasteiger partial charge in [0.1, 0.15) is 0 Å². The van der Waals surface area contributed by atoms with Crippen molar-refractivity contribution in [3.8, 4) is 11.3 Å². The number of rotatable bonds is 5. The lowest BCUT2D eigenvalue weighted by atomic mass is 10.1. The number of amides is 1.